The summed E-state index contributed by atoms with van der Waals surface area (Å²) in [6.45, 7) is 5.38. The summed E-state index contributed by atoms with van der Waals surface area (Å²) < 4.78 is 4.65. The first kappa shape index (κ1) is 14.2. The second-order valence-corrected chi connectivity index (χ2v) is 4.04. The first-order chi connectivity index (χ1) is 7.02. The Morgan fingerprint density at radius 3 is 1.67 bits per heavy atom. The number of nitrogens with one attached hydrogen (secondary N) is 2. The third-order valence-electron chi connectivity index (χ3n) is 1.72. The fourth-order valence-electron chi connectivity index (χ4n) is 1.04. The number of likely N-dealkylation sites (tertiary alicyclic amines) is 1. The lowest BCUT2D eigenvalue weighted by molar-refractivity contribution is -0.117. The van der Waals surface area contributed by atoms with Crippen LogP contribution < -0.4 is 9.44 Å². The van der Waals surface area contributed by atoms with E-state index in [4.69, 9.17) is 0 Å². The minimum absolute atomic E-state index is 0.186. The van der Waals surface area contributed by atoms with Crippen molar-refractivity contribution in [1.29, 1.82) is 0 Å². The van der Waals surface area contributed by atoms with E-state index in [9.17, 15) is 9.59 Å². The van der Waals surface area contributed by atoms with Gasteiger partial charge >= 0.3 is 0 Å². The van der Waals surface area contributed by atoms with Gasteiger partial charge in [0.05, 0.1) is 12.1 Å². The van der Waals surface area contributed by atoms with Gasteiger partial charge in [0.25, 0.3) is 0 Å². The van der Waals surface area contributed by atoms with Crippen LogP contribution in [0.15, 0.2) is 0 Å². The molecule has 0 unspecified atom stereocenters. The van der Waals surface area contributed by atoms with E-state index in [1.165, 1.54) is 39.8 Å². The Hall–Kier alpha value is -0.750. The van der Waals surface area contributed by atoms with Crippen LogP contribution >= 0.6 is 12.1 Å². The molecule has 5 nitrogen and oxygen atoms in total. The van der Waals surface area contributed by atoms with Crippen molar-refractivity contribution >= 4 is 23.9 Å². The molecule has 0 saturated carbocycles. The molecule has 2 N–H and O–H groups in total. The smallest absolute Gasteiger partial charge is 0.228 e. The Morgan fingerprint density at radius 2 is 1.47 bits per heavy atom. The average Bonchev–Trinajstić information content (AvgIpc) is 2.55. The predicted octanol–water partition coefficient (Wildman–Crippen LogP) is 0.534. The van der Waals surface area contributed by atoms with E-state index >= 15 is 0 Å². The largest absolute Gasteiger partial charge is 0.306 e. The van der Waals surface area contributed by atoms with Gasteiger partial charge in [-0.2, -0.15) is 0 Å². The van der Waals surface area contributed by atoms with Gasteiger partial charge in [-0.05, 0) is 33.0 Å². The van der Waals surface area contributed by atoms with E-state index in [1.807, 2.05) is 0 Å². The number of hydrogen-bond acceptors (Lipinski definition) is 4. The Kier molecular flexibility index (Phi) is 8.12. The first-order valence-electron chi connectivity index (χ1n) is 4.90. The molecule has 0 radical (unpaired) electrons. The second kappa shape index (κ2) is 8.55. The molecule has 1 fully saturated rings. The Balaban J connectivity index is 0.000000280. The summed E-state index contributed by atoms with van der Waals surface area (Å²) in [6, 6.07) is 0. The molecule has 0 atom stereocenters. The molecule has 0 aliphatic carbocycles. The van der Waals surface area contributed by atoms with Gasteiger partial charge < -0.3 is 4.90 Å². The molecule has 0 spiro atoms. The van der Waals surface area contributed by atoms with Gasteiger partial charge in [0, 0.05) is 13.8 Å². The topological polar surface area (TPSA) is 61.4 Å². The van der Waals surface area contributed by atoms with Crippen molar-refractivity contribution in [3.63, 3.8) is 0 Å². The number of hydrogen-bond donors (Lipinski definition) is 2. The molecule has 6 heteroatoms. The van der Waals surface area contributed by atoms with Crippen molar-refractivity contribution in [2.75, 3.05) is 20.1 Å². The fourth-order valence-corrected chi connectivity index (χ4v) is 1.38. The zero-order valence-electron chi connectivity index (χ0n) is 9.50. The lowest BCUT2D eigenvalue weighted by atomic mass is 10.4. The van der Waals surface area contributed by atoms with Gasteiger partial charge in [-0.25, -0.2) is 0 Å². The summed E-state index contributed by atoms with van der Waals surface area (Å²) in [5.74, 6) is -0.373. The van der Waals surface area contributed by atoms with Crippen LogP contribution in [-0.4, -0.2) is 36.9 Å². The molecule has 15 heavy (non-hydrogen) atoms. The molecule has 0 aromatic rings. The molecule has 2 amide bonds. The van der Waals surface area contributed by atoms with Crippen LogP contribution in [0.5, 0.6) is 0 Å². The zero-order chi connectivity index (χ0) is 11.7. The molecule has 0 bridgehead atoms. The second-order valence-electron chi connectivity index (χ2n) is 3.43. The molecular formula is C9H19N3O2S. The summed E-state index contributed by atoms with van der Waals surface area (Å²) in [7, 11) is 2.17. The number of nitrogens with zero attached hydrogens (tertiary/aromatic N) is 1. The minimum atomic E-state index is -0.186. The van der Waals surface area contributed by atoms with Crippen LogP contribution in [0.1, 0.15) is 26.7 Å². The summed E-state index contributed by atoms with van der Waals surface area (Å²) in [5, 5.41) is 0. The Bertz CT molecular complexity index is 192. The zero-order valence-corrected chi connectivity index (χ0v) is 10.3. The van der Waals surface area contributed by atoms with Crippen LogP contribution in [0, 0.1) is 0 Å². The van der Waals surface area contributed by atoms with Crippen molar-refractivity contribution < 1.29 is 9.59 Å². The Labute approximate surface area is 95.2 Å². The quantitative estimate of drug-likeness (QED) is 0.683. The van der Waals surface area contributed by atoms with Crippen molar-refractivity contribution in [1.82, 2.24) is 14.3 Å². The van der Waals surface area contributed by atoms with Gasteiger partial charge in [-0.15, -0.1) is 0 Å². The highest BCUT2D eigenvalue weighted by atomic mass is 32.2. The fraction of sp³-hybridized carbons (Fsp3) is 0.778. The molecule has 0 aromatic carbocycles. The van der Waals surface area contributed by atoms with E-state index in [0.717, 1.165) is 12.1 Å². The lowest BCUT2D eigenvalue weighted by Gasteiger charge is -2.01. The third kappa shape index (κ3) is 11.2. The standard InChI is InChI=1S/C5H11N.C4H8N2O2S/c1-6-4-2-3-5-6;1-3(7)5-9-6-4(2)8/h2-5H2,1H3;1-2H3,(H,5,7)(H,6,8). The van der Waals surface area contributed by atoms with E-state index in [2.05, 4.69) is 21.4 Å². The summed E-state index contributed by atoms with van der Waals surface area (Å²) in [4.78, 5) is 22.6. The molecule has 88 valence electrons. The minimum Gasteiger partial charge on any atom is -0.306 e. The summed E-state index contributed by atoms with van der Waals surface area (Å²) in [5.41, 5.74) is 0. The monoisotopic (exact) mass is 233 g/mol. The number of carbonyl (C=O) groups is 2. The maximum atomic E-state index is 10.1. The van der Waals surface area contributed by atoms with Gasteiger partial charge in [-0.1, -0.05) is 0 Å². The van der Waals surface area contributed by atoms with Gasteiger partial charge in [0.15, 0.2) is 0 Å². The number of rotatable bonds is 2. The molecular weight excluding hydrogens is 214 g/mol. The SMILES string of the molecule is CC(=O)NSNC(C)=O.CN1CCCC1. The highest BCUT2D eigenvalue weighted by molar-refractivity contribution is 7.96. The predicted molar refractivity (Wildman–Crippen MR) is 62.0 cm³/mol. The van der Waals surface area contributed by atoms with Crippen molar-refractivity contribution in [3.8, 4) is 0 Å². The summed E-state index contributed by atoms with van der Waals surface area (Å²) in [6.07, 6.45) is 2.83. The highest BCUT2D eigenvalue weighted by Gasteiger charge is 2.03. The van der Waals surface area contributed by atoms with E-state index in [0.29, 0.717) is 0 Å². The van der Waals surface area contributed by atoms with Crippen LogP contribution in [0.25, 0.3) is 0 Å². The maximum Gasteiger partial charge on any atom is 0.228 e. The van der Waals surface area contributed by atoms with E-state index in [1.54, 1.807) is 0 Å². The molecule has 1 rings (SSSR count). The van der Waals surface area contributed by atoms with Crippen molar-refractivity contribution in [2.24, 2.45) is 0 Å². The molecule has 1 heterocycles. The van der Waals surface area contributed by atoms with Gasteiger partial charge in [0.1, 0.15) is 0 Å². The van der Waals surface area contributed by atoms with Crippen LogP contribution in [-0.2, 0) is 9.59 Å². The van der Waals surface area contributed by atoms with E-state index < -0.39 is 0 Å². The number of amides is 2. The lowest BCUT2D eigenvalue weighted by Crippen LogP contribution is -2.20. The maximum absolute atomic E-state index is 10.1. The van der Waals surface area contributed by atoms with Crippen LogP contribution in [0.2, 0.25) is 0 Å². The van der Waals surface area contributed by atoms with Crippen molar-refractivity contribution in [2.45, 2.75) is 26.7 Å². The Morgan fingerprint density at radius 1 is 1.07 bits per heavy atom. The normalized spacial score (nSPS) is 15.1. The average molecular weight is 233 g/mol. The van der Waals surface area contributed by atoms with Gasteiger partial charge in [-0.3, -0.25) is 19.0 Å². The highest BCUT2D eigenvalue weighted by Crippen LogP contribution is 2.02. The third-order valence-corrected chi connectivity index (χ3v) is 2.50. The van der Waals surface area contributed by atoms with Crippen LogP contribution in [0.3, 0.4) is 0 Å². The van der Waals surface area contributed by atoms with Crippen molar-refractivity contribution in [3.05, 3.63) is 0 Å². The first-order valence-corrected chi connectivity index (χ1v) is 5.71. The van der Waals surface area contributed by atoms with Crippen LogP contribution in [0.4, 0.5) is 0 Å². The number of carbonyl (C=O) groups excluding carboxylic acids is 2. The van der Waals surface area contributed by atoms with E-state index in [-0.39, 0.29) is 11.8 Å². The summed E-state index contributed by atoms with van der Waals surface area (Å²) >= 11 is 0.870. The molecule has 1 aliphatic rings. The molecule has 0 aromatic heterocycles. The van der Waals surface area contributed by atoms with Gasteiger partial charge in [0.2, 0.25) is 11.8 Å². The molecule has 1 saturated heterocycles. The molecule has 1 aliphatic heterocycles.